The summed E-state index contributed by atoms with van der Waals surface area (Å²) < 4.78 is 2.22. The maximum Gasteiger partial charge on any atom is 0.224 e. The lowest BCUT2D eigenvalue weighted by atomic mass is 10.2. The molecule has 0 saturated carbocycles. The van der Waals surface area contributed by atoms with E-state index < -0.39 is 0 Å². The number of hydrogen-bond acceptors (Lipinski definition) is 5. The average Bonchev–Trinajstić information content (AvgIpc) is 3.07. The van der Waals surface area contributed by atoms with Gasteiger partial charge in [0.1, 0.15) is 5.82 Å². The van der Waals surface area contributed by atoms with Crippen molar-refractivity contribution in [2.24, 2.45) is 10.9 Å². The average molecular weight is 426 g/mol. The first kappa shape index (κ1) is 25.3. The molecule has 0 aliphatic rings. The van der Waals surface area contributed by atoms with Gasteiger partial charge in [-0.05, 0) is 39.4 Å². The molecule has 0 bridgehead atoms. The van der Waals surface area contributed by atoms with Crippen molar-refractivity contribution in [3.8, 4) is 0 Å². The molecule has 0 saturated heterocycles. The summed E-state index contributed by atoms with van der Waals surface area (Å²) in [6.07, 6.45) is 4.26. The molecule has 29 heavy (non-hydrogen) atoms. The molecule has 1 rings (SSSR count). The molecule has 1 amide bonds. The van der Waals surface area contributed by atoms with Crippen molar-refractivity contribution in [2.75, 3.05) is 39.0 Å². The Balaban J connectivity index is 2.52. The van der Waals surface area contributed by atoms with Gasteiger partial charge in [0.25, 0.3) is 0 Å². The highest BCUT2D eigenvalue weighted by Gasteiger charge is 2.12. The molecule has 8 nitrogen and oxygen atoms in total. The van der Waals surface area contributed by atoms with Crippen molar-refractivity contribution in [3.63, 3.8) is 0 Å². The standard InChI is InChI=1S/C20H39N7OS/c1-7-21-19(23-14-12-18(28)26(8-2)9-3)22-13-10-11-17-24-25-20(29-6)27(17)15-16(4)5/h16H,7-15H2,1-6H3,(H2,21,22,23). The van der Waals surface area contributed by atoms with E-state index >= 15 is 0 Å². The zero-order chi connectivity index (χ0) is 21.6. The number of aliphatic imine (C=N–C) groups is 1. The van der Waals surface area contributed by atoms with E-state index in [1.165, 1.54) is 0 Å². The van der Waals surface area contributed by atoms with Crippen LogP contribution in [0.4, 0.5) is 0 Å². The quantitative estimate of drug-likeness (QED) is 0.218. The first-order chi connectivity index (χ1) is 14.0. The van der Waals surface area contributed by atoms with Gasteiger partial charge in [-0.1, -0.05) is 25.6 Å². The van der Waals surface area contributed by atoms with E-state index in [-0.39, 0.29) is 5.91 Å². The third-order valence-electron chi connectivity index (χ3n) is 4.44. The maximum atomic E-state index is 12.1. The second kappa shape index (κ2) is 14.3. The number of aromatic nitrogens is 3. The molecule has 0 aliphatic carbocycles. The molecule has 1 heterocycles. The minimum Gasteiger partial charge on any atom is -0.357 e. The van der Waals surface area contributed by atoms with Gasteiger partial charge in [-0.3, -0.25) is 9.79 Å². The molecule has 0 fully saturated rings. The molecule has 0 unspecified atom stereocenters. The zero-order valence-electron chi connectivity index (χ0n) is 19.0. The van der Waals surface area contributed by atoms with Gasteiger partial charge in [0, 0.05) is 52.1 Å². The van der Waals surface area contributed by atoms with Crippen molar-refractivity contribution in [1.82, 2.24) is 30.3 Å². The van der Waals surface area contributed by atoms with Gasteiger partial charge < -0.3 is 20.1 Å². The Morgan fingerprint density at radius 3 is 2.52 bits per heavy atom. The first-order valence-electron chi connectivity index (χ1n) is 10.7. The largest absolute Gasteiger partial charge is 0.357 e. The third-order valence-corrected chi connectivity index (χ3v) is 5.11. The molecule has 0 aliphatic heterocycles. The van der Waals surface area contributed by atoms with E-state index in [0.717, 1.165) is 56.0 Å². The van der Waals surface area contributed by atoms with Crippen LogP contribution in [-0.2, 0) is 17.8 Å². The molecule has 9 heteroatoms. The van der Waals surface area contributed by atoms with E-state index in [0.29, 0.717) is 25.4 Å². The Morgan fingerprint density at radius 2 is 1.93 bits per heavy atom. The molecule has 0 atom stereocenters. The second-order valence-electron chi connectivity index (χ2n) is 7.21. The van der Waals surface area contributed by atoms with Gasteiger partial charge in [0.2, 0.25) is 5.91 Å². The Hall–Kier alpha value is -1.77. The molecule has 2 N–H and O–H groups in total. The summed E-state index contributed by atoms with van der Waals surface area (Å²) in [5.74, 6) is 2.51. The summed E-state index contributed by atoms with van der Waals surface area (Å²) in [4.78, 5) is 18.6. The van der Waals surface area contributed by atoms with Gasteiger partial charge >= 0.3 is 0 Å². The van der Waals surface area contributed by atoms with Crippen LogP contribution in [0.1, 0.15) is 53.3 Å². The lowest BCUT2D eigenvalue weighted by molar-refractivity contribution is -0.130. The van der Waals surface area contributed by atoms with E-state index in [1.807, 2.05) is 31.9 Å². The normalized spacial score (nSPS) is 11.8. The molecular formula is C20H39N7OS. The van der Waals surface area contributed by atoms with Crippen molar-refractivity contribution < 1.29 is 4.79 Å². The molecule has 0 aromatic carbocycles. The van der Waals surface area contributed by atoms with Gasteiger partial charge in [-0.25, -0.2) is 0 Å². The topological polar surface area (TPSA) is 87.4 Å². The maximum absolute atomic E-state index is 12.1. The highest BCUT2D eigenvalue weighted by molar-refractivity contribution is 7.98. The third kappa shape index (κ3) is 9.06. The fourth-order valence-corrected chi connectivity index (χ4v) is 3.52. The Morgan fingerprint density at radius 1 is 1.21 bits per heavy atom. The number of amides is 1. The van der Waals surface area contributed by atoms with Crippen LogP contribution in [0.5, 0.6) is 0 Å². The second-order valence-corrected chi connectivity index (χ2v) is 7.99. The number of guanidine groups is 1. The predicted octanol–water partition coefficient (Wildman–Crippen LogP) is 2.40. The van der Waals surface area contributed by atoms with E-state index in [9.17, 15) is 4.79 Å². The monoisotopic (exact) mass is 425 g/mol. The smallest absolute Gasteiger partial charge is 0.224 e. The Bertz CT molecular complexity index is 626. The van der Waals surface area contributed by atoms with Crippen LogP contribution in [-0.4, -0.2) is 70.5 Å². The van der Waals surface area contributed by atoms with E-state index in [2.05, 4.69) is 44.2 Å². The highest BCUT2D eigenvalue weighted by Crippen LogP contribution is 2.16. The fraction of sp³-hybridized carbons (Fsp3) is 0.800. The number of carbonyl (C=O) groups is 1. The number of rotatable bonds is 13. The van der Waals surface area contributed by atoms with Gasteiger partial charge in [0.15, 0.2) is 11.1 Å². The van der Waals surface area contributed by atoms with Gasteiger partial charge in [-0.2, -0.15) is 0 Å². The van der Waals surface area contributed by atoms with E-state index in [4.69, 9.17) is 0 Å². The van der Waals surface area contributed by atoms with Crippen molar-refractivity contribution in [3.05, 3.63) is 5.82 Å². The summed E-state index contributed by atoms with van der Waals surface area (Å²) in [5, 5.41) is 16.1. The number of carbonyl (C=O) groups excluding carboxylic acids is 1. The van der Waals surface area contributed by atoms with Crippen LogP contribution < -0.4 is 10.6 Å². The summed E-state index contributed by atoms with van der Waals surface area (Å²) >= 11 is 1.64. The fourth-order valence-electron chi connectivity index (χ4n) is 3.00. The molecule has 0 spiro atoms. The van der Waals surface area contributed by atoms with Crippen LogP contribution in [0.15, 0.2) is 10.1 Å². The number of hydrogen-bond donors (Lipinski definition) is 2. The van der Waals surface area contributed by atoms with Gasteiger partial charge in [0.05, 0.1) is 0 Å². The number of aryl methyl sites for hydroxylation is 1. The van der Waals surface area contributed by atoms with Gasteiger partial charge in [-0.15, -0.1) is 10.2 Å². The molecule has 166 valence electrons. The number of nitrogens with one attached hydrogen (secondary N) is 2. The minimum atomic E-state index is 0.174. The SMILES string of the molecule is CCNC(=NCCCc1nnc(SC)n1CC(C)C)NCCC(=O)N(CC)CC. The number of nitrogens with zero attached hydrogens (tertiary/aromatic N) is 5. The van der Waals surface area contributed by atoms with Crippen LogP contribution in [0, 0.1) is 5.92 Å². The lowest BCUT2D eigenvalue weighted by Crippen LogP contribution is -2.40. The number of thioether (sulfide) groups is 1. The van der Waals surface area contributed by atoms with Crippen molar-refractivity contribution in [2.45, 2.75) is 65.6 Å². The molecule has 1 aromatic heterocycles. The predicted molar refractivity (Wildman–Crippen MR) is 121 cm³/mol. The summed E-state index contributed by atoms with van der Waals surface area (Å²) in [7, 11) is 0. The Kier molecular flexibility index (Phi) is 12.4. The molecule has 1 aromatic rings. The highest BCUT2D eigenvalue weighted by atomic mass is 32.2. The van der Waals surface area contributed by atoms with Crippen LogP contribution in [0.25, 0.3) is 0 Å². The molecule has 0 radical (unpaired) electrons. The lowest BCUT2D eigenvalue weighted by Gasteiger charge is -2.19. The Labute approximate surface area is 180 Å². The zero-order valence-corrected chi connectivity index (χ0v) is 19.8. The minimum absolute atomic E-state index is 0.174. The first-order valence-corrected chi connectivity index (χ1v) is 11.9. The molecular weight excluding hydrogens is 386 g/mol. The van der Waals surface area contributed by atoms with E-state index in [1.54, 1.807) is 11.8 Å². The van der Waals surface area contributed by atoms with Crippen LogP contribution in [0.3, 0.4) is 0 Å². The summed E-state index contributed by atoms with van der Waals surface area (Å²) in [5.41, 5.74) is 0. The summed E-state index contributed by atoms with van der Waals surface area (Å²) in [6.45, 7) is 15.0. The van der Waals surface area contributed by atoms with Crippen molar-refractivity contribution >= 4 is 23.6 Å². The van der Waals surface area contributed by atoms with Crippen molar-refractivity contribution in [1.29, 1.82) is 0 Å². The summed E-state index contributed by atoms with van der Waals surface area (Å²) in [6, 6.07) is 0. The van der Waals surface area contributed by atoms with Crippen LogP contribution >= 0.6 is 11.8 Å². The van der Waals surface area contributed by atoms with Crippen LogP contribution in [0.2, 0.25) is 0 Å².